The Morgan fingerprint density at radius 1 is 1.50 bits per heavy atom. The minimum Gasteiger partial charge on any atom is -0.313 e. The lowest BCUT2D eigenvalue weighted by atomic mass is 10.2. The number of hydrogen-bond acceptors (Lipinski definition) is 2. The third-order valence-electron chi connectivity index (χ3n) is 2.96. The number of halogens is 1. The largest absolute Gasteiger partial charge is 0.313 e. The Hall–Kier alpha value is -0.180. The molecule has 1 N–H and O–H groups in total. The zero-order valence-electron chi connectivity index (χ0n) is 9.58. The van der Waals surface area contributed by atoms with Gasteiger partial charge < -0.3 is 5.32 Å². The molecule has 0 heterocycles. The molecule has 1 aliphatic rings. The molecule has 1 unspecified atom stereocenters. The molecule has 1 fully saturated rings. The molecule has 0 radical (unpaired) electrons. The first-order valence-corrected chi connectivity index (χ1v) is 7.24. The third kappa shape index (κ3) is 4.00. The standard InChI is InChI=1S/C13H18ClNS/c1-10(11-5-6-11)15-7-8-16-13-4-2-3-12(14)9-13/h2-4,9-11,15H,5-8H2,1H3. The lowest BCUT2D eigenvalue weighted by Crippen LogP contribution is -2.29. The van der Waals surface area contributed by atoms with E-state index in [2.05, 4.69) is 18.3 Å². The molecule has 1 aliphatic carbocycles. The van der Waals surface area contributed by atoms with Gasteiger partial charge in [0.15, 0.2) is 0 Å². The van der Waals surface area contributed by atoms with Crippen molar-refractivity contribution in [2.45, 2.75) is 30.7 Å². The van der Waals surface area contributed by atoms with Crippen LogP contribution in [-0.2, 0) is 0 Å². The van der Waals surface area contributed by atoms with E-state index in [0.717, 1.165) is 23.2 Å². The molecule has 3 heteroatoms. The summed E-state index contributed by atoms with van der Waals surface area (Å²) in [5.41, 5.74) is 0. The summed E-state index contributed by atoms with van der Waals surface area (Å²) >= 11 is 7.79. The molecule has 0 amide bonds. The van der Waals surface area contributed by atoms with Crippen LogP contribution in [0.3, 0.4) is 0 Å². The second-order valence-electron chi connectivity index (χ2n) is 4.39. The minimum absolute atomic E-state index is 0.694. The summed E-state index contributed by atoms with van der Waals surface area (Å²) < 4.78 is 0. The van der Waals surface area contributed by atoms with Crippen LogP contribution in [0.5, 0.6) is 0 Å². The predicted octanol–water partition coefficient (Wildman–Crippen LogP) is 3.82. The van der Waals surface area contributed by atoms with Gasteiger partial charge in [-0.2, -0.15) is 0 Å². The van der Waals surface area contributed by atoms with Gasteiger partial charge in [-0.3, -0.25) is 0 Å². The van der Waals surface area contributed by atoms with E-state index in [1.165, 1.54) is 17.7 Å². The van der Waals surface area contributed by atoms with Crippen LogP contribution in [0, 0.1) is 5.92 Å². The molecule has 0 spiro atoms. The summed E-state index contributed by atoms with van der Waals surface area (Å²) in [7, 11) is 0. The first-order valence-electron chi connectivity index (χ1n) is 5.87. The Balaban J connectivity index is 1.63. The second kappa shape index (κ2) is 5.95. The van der Waals surface area contributed by atoms with Gasteiger partial charge in [-0.25, -0.2) is 0 Å². The van der Waals surface area contributed by atoms with Crippen molar-refractivity contribution in [1.82, 2.24) is 5.32 Å². The number of rotatable bonds is 6. The molecule has 0 aliphatic heterocycles. The fourth-order valence-corrected chi connectivity index (χ4v) is 2.87. The summed E-state index contributed by atoms with van der Waals surface area (Å²) in [6.07, 6.45) is 2.82. The molecule has 1 nitrogen and oxygen atoms in total. The van der Waals surface area contributed by atoms with Gasteiger partial charge in [-0.1, -0.05) is 17.7 Å². The van der Waals surface area contributed by atoms with Crippen molar-refractivity contribution in [1.29, 1.82) is 0 Å². The Morgan fingerprint density at radius 2 is 2.31 bits per heavy atom. The van der Waals surface area contributed by atoms with Crippen molar-refractivity contribution in [3.8, 4) is 0 Å². The van der Waals surface area contributed by atoms with Crippen molar-refractivity contribution >= 4 is 23.4 Å². The normalized spacial score (nSPS) is 17.4. The average Bonchev–Trinajstić information content (AvgIpc) is 3.08. The maximum atomic E-state index is 5.93. The van der Waals surface area contributed by atoms with E-state index in [-0.39, 0.29) is 0 Å². The van der Waals surface area contributed by atoms with Gasteiger partial charge in [-0.15, -0.1) is 11.8 Å². The lowest BCUT2D eigenvalue weighted by molar-refractivity contribution is 0.514. The van der Waals surface area contributed by atoms with Gasteiger partial charge in [0.1, 0.15) is 0 Å². The first kappa shape index (κ1) is 12.3. The monoisotopic (exact) mass is 255 g/mol. The highest BCUT2D eigenvalue weighted by Crippen LogP contribution is 2.32. The fraction of sp³-hybridized carbons (Fsp3) is 0.538. The van der Waals surface area contributed by atoms with E-state index in [0.29, 0.717) is 6.04 Å². The highest BCUT2D eigenvalue weighted by molar-refractivity contribution is 7.99. The molecule has 1 aromatic carbocycles. The van der Waals surface area contributed by atoms with Crippen molar-refractivity contribution in [2.75, 3.05) is 12.3 Å². The smallest absolute Gasteiger partial charge is 0.0417 e. The summed E-state index contributed by atoms with van der Waals surface area (Å²) in [6.45, 7) is 3.37. The zero-order chi connectivity index (χ0) is 11.4. The summed E-state index contributed by atoms with van der Waals surface area (Å²) in [5.74, 6) is 2.05. The fourth-order valence-electron chi connectivity index (χ4n) is 1.78. The van der Waals surface area contributed by atoms with E-state index in [4.69, 9.17) is 11.6 Å². The van der Waals surface area contributed by atoms with Gasteiger partial charge >= 0.3 is 0 Å². The zero-order valence-corrected chi connectivity index (χ0v) is 11.2. The van der Waals surface area contributed by atoms with Crippen molar-refractivity contribution in [3.05, 3.63) is 29.3 Å². The van der Waals surface area contributed by atoms with E-state index < -0.39 is 0 Å². The molecule has 2 rings (SSSR count). The SMILES string of the molecule is CC(NCCSc1cccc(Cl)c1)C1CC1. The number of nitrogens with one attached hydrogen (secondary N) is 1. The van der Waals surface area contributed by atoms with E-state index in [1.54, 1.807) is 0 Å². The van der Waals surface area contributed by atoms with Crippen LogP contribution in [0.25, 0.3) is 0 Å². The molecule has 0 bridgehead atoms. The average molecular weight is 256 g/mol. The van der Waals surface area contributed by atoms with Crippen molar-refractivity contribution < 1.29 is 0 Å². The second-order valence-corrected chi connectivity index (χ2v) is 5.99. The molecule has 0 saturated heterocycles. The molecule has 88 valence electrons. The maximum Gasteiger partial charge on any atom is 0.0417 e. The van der Waals surface area contributed by atoms with Crippen LogP contribution in [0.4, 0.5) is 0 Å². The Morgan fingerprint density at radius 3 is 3.00 bits per heavy atom. The van der Waals surface area contributed by atoms with E-state index >= 15 is 0 Å². The Kier molecular flexibility index (Phi) is 4.56. The summed E-state index contributed by atoms with van der Waals surface area (Å²) in [6, 6.07) is 8.75. The van der Waals surface area contributed by atoms with Crippen molar-refractivity contribution in [2.24, 2.45) is 5.92 Å². The predicted molar refractivity (Wildman–Crippen MR) is 72.4 cm³/mol. The Bertz CT molecular complexity index is 338. The molecular weight excluding hydrogens is 238 g/mol. The van der Waals surface area contributed by atoms with Crippen LogP contribution in [0.2, 0.25) is 5.02 Å². The lowest BCUT2D eigenvalue weighted by Gasteiger charge is -2.12. The van der Waals surface area contributed by atoms with Gasteiger partial charge in [0.25, 0.3) is 0 Å². The Labute approximate surface area is 107 Å². The van der Waals surface area contributed by atoms with E-state index in [1.807, 2.05) is 30.0 Å². The molecule has 1 aromatic rings. The molecular formula is C13H18ClNS. The summed E-state index contributed by atoms with van der Waals surface area (Å²) in [5, 5.41) is 4.40. The number of hydrogen-bond donors (Lipinski definition) is 1. The van der Waals surface area contributed by atoms with Crippen LogP contribution >= 0.6 is 23.4 Å². The maximum absolute atomic E-state index is 5.93. The molecule has 1 atom stereocenters. The van der Waals surface area contributed by atoms with Crippen LogP contribution in [0.15, 0.2) is 29.2 Å². The van der Waals surface area contributed by atoms with E-state index in [9.17, 15) is 0 Å². The highest BCUT2D eigenvalue weighted by Gasteiger charge is 2.26. The van der Waals surface area contributed by atoms with Gasteiger partial charge in [0, 0.05) is 28.3 Å². The quantitative estimate of drug-likeness (QED) is 0.613. The highest BCUT2D eigenvalue weighted by atomic mass is 35.5. The first-order chi connectivity index (χ1) is 7.75. The van der Waals surface area contributed by atoms with Crippen molar-refractivity contribution in [3.63, 3.8) is 0 Å². The van der Waals surface area contributed by atoms with Crippen LogP contribution in [-0.4, -0.2) is 18.3 Å². The topological polar surface area (TPSA) is 12.0 Å². The molecule has 16 heavy (non-hydrogen) atoms. The van der Waals surface area contributed by atoms with Gasteiger partial charge in [0.05, 0.1) is 0 Å². The number of benzene rings is 1. The third-order valence-corrected chi connectivity index (χ3v) is 4.19. The molecule has 1 saturated carbocycles. The molecule has 0 aromatic heterocycles. The minimum atomic E-state index is 0.694. The number of thioether (sulfide) groups is 1. The van der Waals surface area contributed by atoms with Crippen LogP contribution in [0.1, 0.15) is 19.8 Å². The van der Waals surface area contributed by atoms with Gasteiger partial charge in [-0.05, 0) is 43.9 Å². The van der Waals surface area contributed by atoms with Gasteiger partial charge in [0.2, 0.25) is 0 Å². The van der Waals surface area contributed by atoms with Crippen LogP contribution < -0.4 is 5.32 Å². The summed E-state index contributed by atoms with van der Waals surface area (Å²) in [4.78, 5) is 1.26.